The van der Waals surface area contributed by atoms with Gasteiger partial charge in [-0.25, -0.2) is 0 Å². The van der Waals surface area contributed by atoms with Crippen LogP contribution in [0.4, 0.5) is 0 Å². The highest BCUT2D eigenvalue weighted by atomic mass is 32.1. The SMILES string of the molecule is CC(S)C(=O)NCCc1cnn(C)c1. The van der Waals surface area contributed by atoms with Gasteiger partial charge in [0.05, 0.1) is 11.4 Å². The van der Waals surface area contributed by atoms with Crippen molar-refractivity contribution in [2.45, 2.75) is 18.6 Å². The van der Waals surface area contributed by atoms with Crippen molar-refractivity contribution in [3.63, 3.8) is 0 Å². The summed E-state index contributed by atoms with van der Waals surface area (Å²) in [5.41, 5.74) is 1.12. The first-order chi connectivity index (χ1) is 6.59. The minimum absolute atomic E-state index is 0.0303. The molecule has 0 bridgehead atoms. The number of nitrogens with zero attached hydrogens (tertiary/aromatic N) is 2. The Labute approximate surface area is 89.1 Å². The molecule has 0 spiro atoms. The Bertz CT molecular complexity index is 309. The molecule has 0 saturated heterocycles. The zero-order chi connectivity index (χ0) is 10.6. The third-order valence-corrected chi connectivity index (χ3v) is 2.09. The van der Waals surface area contributed by atoms with Crippen LogP contribution in [0.25, 0.3) is 0 Å². The lowest BCUT2D eigenvalue weighted by atomic mass is 10.2. The van der Waals surface area contributed by atoms with Gasteiger partial charge >= 0.3 is 0 Å². The number of thiol groups is 1. The molecule has 1 atom stereocenters. The van der Waals surface area contributed by atoms with Gasteiger partial charge in [-0.2, -0.15) is 17.7 Å². The average molecular weight is 213 g/mol. The fraction of sp³-hybridized carbons (Fsp3) is 0.556. The van der Waals surface area contributed by atoms with Crippen LogP contribution >= 0.6 is 12.6 Å². The fourth-order valence-electron chi connectivity index (χ4n) is 1.08. The number of rotatable bonds is 4. The number of hydrogen-bond acceptors (Lipinski definition) is 3. The van der Waals surface area contributed by atoms with Crippen molar-refractivity contribution in [3.05, 3.63) is 18.0 Å². The van der Waals surface area contributed by atoms with Crippen molar-refractivity contribution in [1.82, 2.24) is 15.1 Å². The van der Waals surface area contributed by atoms with Crippen molar-refractivity contribution in [2.24, 2.45) is 7.05 Å². The topological polar surface area (TPSA) is 46.9 Å². The molecule has 5 heteroatoms. The van der Waals surface area contributed by atoms with E-state index < -0.39 is 0 Å². The highest BCUT2D eigenvalue weighted by Crippen LogP contribution is 1.97. The lowest BCUT2D eigenvalue weighted by Crippen LogP contribution is -2.31. The molecule has 0 aromatic carbocycles. The number of carbonyl (C=O) groups excluding carboxylic acids is 1. The van der Waals surface area contributed by atoms with E-state index in [0.717, 1.165) is 12.0 Å². The van der Waals surface area contributed by atoms with Crippen molar-refractivity contribution < 1.29 is 4.79 Å². The second-order valence-corrected chi connectivity index (χ2v) is 4.01. The Morgan fingerprint density at radius 2 is 2.50 bits per heavy atom. The summed E-state index contributed by atoms with van der Waals surface area (Å²) in [6.07, 6.45) is 4.55. The molecule has 1 heterocycles. The molecule has 0 fully saturated rings. The first-order valence-corrected chi connectivity index (χ1v) is 5.04. The number of hydrogen-bond donors (Lipinski definition) is 2. The average Bonchev–Trinajstić information content (AvgIpc) is 2.51. The molecule has 0 aliphatic rings. The maximum Gasteiger partial charge on any atom is 0.232 e. The lowest BCUT2D eigenvalue weighted by Gasteiger charge is -2.05. The van der Waals surface area contributed by atoms with E-state index in [1.165, 1.54) is 0 Å². The molecule has 0 aliphatic heterocycles. The first kappa shape index (κ1) is 11.1. The lowest BCUT2D eigenvalue weighted by molar-refractivity contribution is -0.120. The second kappa shape index (κ2) is 5.05. The van der Waals surface area contributed by atoms with Gasteiger partial charge in [-0.1, -0.05) is 0 Å². The van der Waals surface area contributed by atoms with Gasteiger partial charge in [-0.05, 0) is 18.9 Å². The highest BCUT2D eigenvalue weighted by Gasteiger charge is 2.06. The monoisotopic (exact) mass is 213 g/mol. The molecule has 1 amide bonds. The summed E-state index contributed by atoms with van der Waals surface area (Å²) >= 11 is 4.03. The normalized spacial score (nSPS) is 12.5. The van der Waals surface area contributed by atoms with E-state index >= 15 is 0 Å². The minimum atomic E-state index is -0.246. The van der Waals surface area contributed by atoms with Gasteiger partial charge in [0.2, 0.25) is 5.91 Å². The molecule has 1 unspecified atom stereocenters. The van der Waals surface area contributed by atoms with Crippen LogP contribution in [0.15, 0.2) is 12.4 Å². The number of aromatic nitrogens is 2. The van der Waals surface area contributed by atoms with Gasteiger partial charge in [0.25, 0.3) is 0 Å². The van der Waals surface area contributed by atoms with Crippen LogP contribution in [0, 0.1) is 0 Å². The third-order valence-electron chi connectivity index (χ3n) is 1.85. The Morgan fingerprint density at radius 1 is 1.79 bits per heavy atom. The predicted molar refractivity (Wildman–Crippen MR) is 58.4 cm³/mol. The van der Waals surface area contributed by atoms with Gasteiger partial charge in [-0.3, -0.25) is 9.48 Å². The van der Waals surface area contributed by atoms with E-state index in [-0.39, 0.29) is 11.2 Å². The zero-order valence-electron chi connectivity index (χ0n) is 8.40. The van der Waals surface area contributed by atoms with Gasteiger partial charge in [-0.15, -0.1) is 0 Å². The summed E-state index contributed by atoms with van der Waals surface area (Å²) in [6, 6.07) is 0. The molecule has 1 N–H and O–H groups in total. The van der Waals surface area contributed by atoms with Gasteiger partial charge in [0.1, 0.15) is 0 Å². The Morgan fingerprint density at radius 3 is 3.00 bits per heavy atom. The van der Waals surface area contributed by atoms with Gasteiger partial charge in [0.15, 0.2) is 0 Å². The molecule has 0 aliphatic carbocycles. The van der Waals surface area contributed by atoms with Crippen molar-refractivity contribution >= 4 is 18.5 Å². The molecule has 1 aromatic heterocycles. The van der Waals surface area contributed by atoms with E-state index in [9.17, 15) is 4.79 Å². The van der Waals surface area contributed by atoms with Crippen LogP contribution in [0.5, 0.6) is 0 Å². The van der Waals surface area contributed by atoms with Crippen LogP contribution in [0.3, 0.4) is 0 Å². The standard InChI is InChI=1S/C9H15N3OS/c1-7(14)9(13)10-4-3-8-5-11-12(2)6-8/h5-7,14H,3-4H2,1-2H3,(H,10,13). The number of carbonyl (C=O) groups is 1. The van der Waals surface area contributed by atoms with Gasteiger partial charge in [0, 0.05) is 19.8 Å². The minimum Gasteiger partial charge on any atom is -0.355 e. The highest BCUT2D eigenvalue weighted by molar-refractivity contribution is 7.81. The van der Waals surface area contributed by atoms with Crippen molar-refractivity contribution in [2.75, 3.05) is 6.54 Å². The Hall–Kier alpha value is -0.970. The predicted octanol–water partition coefficient (Wildman–Crippen LogP) is 0.397. The Balaban J connectivity index is 2.25. The smallest absolute Gasteiger partial charge is 0.232 e. The summed E-state index contributed by atoms with van der Waals surface area (Å²) < 4.78 is 1.75. The molecule has 78 valence electrons. The van der Waals surface area contributed by atoms with Crippen LogP contribution in [0.1, 0.15) is 12.5 Å². The van der Waals surface area contributed by atoms with Crippen LogP contribution in [-0.2, 0) is 18.3 Å². The molecule has 1 aromatic rings. The van der Waals surface area contributed by atoms with E-state index in [2.05, 4.69) is 23.0 Å². The maximum atomic E-state index is 11.1. The van der Waals surface area contributed by atoms with E-state index in [4.69, 9.17) is 0 Å². The fourth-order valence-corrected chi connectivity index (χ4v) is 1.17. The third kappa shape index (κ3) is 3.41. The van der Waals surface area contributed by atoms with E-state index in [0.29, 0.717) is 6.54 Å². The first-order valence-electron chi connectivity index (χ1n) is 4.53. The van der Waals surface area contributed by atoms with Crippen molar-refractivity contribution in [1.29, 1.82) is 0 Å². The number of nitrogens with one attached hydrogen (secondary N) is 1. The second-order valence-electron chi connectivity index (χ2n) is 3.24. The summed E-state index contributed by atoms with van der Waals surface area (Å²) in [5.74, 6) is -0.0303. The summed E-state index contributed by atoms with van der Waals surface area (Å²) in [7, 11) is 1.87. The maximum absolute atomic E-state index is 11.1. The quantitative estimate of drug-likeness (QED) is 0.711. The Kier molecular flexibility index (Phi) is 4.00. The largest absolute Gasteiger partial charge is 0.355 e. The van der Waals surface area contributed by atoms with E-state index in [1.54, 1.807) is 17.8 Å². The zero-order valence-corrected chi connectivity index (χ0v) is 9.29. The van der Waals surface area contributed by atoms with Crippen LogP contribution in [0.2, 0.25) is 0 Å². The van der Waals surface area contributed by atoms with Gasteiger partial charge < -0.3 is 5.32 Å². The molecule has 1 rings (SSSR count). The molecular formula is C9H15N3OS. The summed E-state index contributed by atoms with van der Waals surface area (Å²) in [4.78, 5) is 11.1. The molecule has 0 saturated carbocycles. The molecule has 14 heavy (non-hydrogen) atoms. The van der Waals surface area contributed by atoms with Crippen LogP contribution in [-0.4, -0.2) is 27.5 Å². The molecule has 4 nitrogen and oxygen atoms in total. The van der Waals surface area contributed by atoms with Crippen LogP contribution < -0.4 is 5.32 Å². The van der Waals surface area contributed by atoms with E-state index in [1.807, 2.05) is 13.2 Å². The molecular weight excluding hydrogens is 198 g/mol. The molecule has 0 radical (unpaired) electrons. The summed E-state index contributed by atoms with van der Waals surface area (Å²) in [6.45, 7) is 2.39. The number of amides is 1. The van der Waals surface area contributed by atoms with Crippen molar-refractivity contribution in [3.8, 4) is 0 Å². The number of aryl methyl sites for hydroxylation is 1. The summed E-state index contributed by atoms with van der Waals surface area (Å²) in [5, 5.41) is 6.58.